The molecule has 6 heteroatoms. The summed E-state index contributed by atoms with van der Waals surface area (Å²) < 4.78 is 27.9. The van der Waals surface area contributed by atoms with Gasteiger partial charge in [-0.05, 0) is 24.3 Å². The number of hydrogen-bond donors (Lipinski definition) is 0. The van der Waals surface area contributed by atoms with Crippen molar-refractivity contribution in [1.29, 1.82) is 0 Å². The molecule has 3 nitrogen and oxygen atoms in total. The van der Waals surface area contributed by atoms with E-state index in [-0.39, 0.29) is 4.90 Å². The van der Waals surface area contributed by atoms with Crippen LogP contribution in [0.3, 0.4) is 0 Å². The Hall–Kier alpha value is -1.82. The monoisotopic (exact) mass is 389 g/mol. The Morgan fingerprint density at radius 3 is 2.24 bits per heavy atom. The number of fused-ring (bicyclic) bond motifs is 1. The summed E-state index contributed by atoms with van der Waals surface area (Å²) in [6.07, 6.45) is 0. The molecule has 0 aliphatic carbocycles. The van der Waals surface area contributed by atoms with Crippen molar-refractivity contribution in [2.75, 3.05) is 0 Å². The number of para-hydroxylation sites is 1. The molecule has 0 bridgehead atoms. The van der Waals surface area contributed by atoms with Crippen molar-refractivity contribution in [1.82, 2.24) is 3.97 Å². The maximum Gasteiger partial charge on any atom is 0.268 e. The molecular formula is C19H20ClNO2SSi. The average molecular weight is 390 g/mol. The van der Waals surface area contributed by atoms with E-state index in [0.717, 1.165) is 5.39 Å². The van der Waals surface area contributed by atoms with E-state index in [1.807, 2.05) is 30.0 Å². The molecule has 0 atom stereocenters. The Kier molecular flexibility index (Phi) is 4.66. The molecule has 1 heterocycles. The summed E-state index contributed by atoms with van der Waals surface area (Å²) >= 11 is 6.57. The molecule has 0 unspecified atom stereocenters. The third-order valence-electron chi connectivity index (χ3n) is 3.75. The van der Waals surface area contributed by atoms with Crippen molar-refractivity contribution in [2.45, 2.75) is 24.5 Å². The average Bonchev–Trinajstić information content (AvgIpc) is 2.94. The highest BCUT2D eigenvalue weighted by atomic mass is 35.5. The van der Waals surface area contributed by atoms with Gasteiger partial charge < -0.3 is 0 Å². The SMILES string of the molecule is C[Si](C)(C)/C=C(/Cl)c1cc2ccccc2n1S(=O)(=O)c1ccccc1. The van der Waals surface area contributed by atoms with Gasteiger partial charge in [0.2, 0.25) is 0 Å². The van der Waals surface area contributed by atoms with Gasteiger partial charge in [0.05, 0.1) is 29.2 Å². The van der Waals surface area contributed by atoms with Crippen LogP contribution in [0.1, 0.15) is 5.69 Å². The van der Waals surface area contributed by atoms with Gasteiger partial charge in [0, 0.05) is 5.39 Å². The fraction of sp³-hybridized carbons (Fsp3) is 0.158. The predicted octanol–water partition coefficient (Wildman–Crippen LogP) is 5.34. The molecule has 1 aromatic heterocycles. The largest absolute Gasteiger partial charge is 0.268 e. The third kappa shape index (κ3) is 3.59. The van der Waals surface area contributed by atoms with Crippen molar-refractivity contribution >= 4 is 45.6 Å². The fourth-order valence-corrected chi connectivity index (χ4v) is 6.33. The molecule has 2 aromatic carbocycles. The molecule has 0 radical (unpaired) electrons. The molecule has 0 fully saturated rings. The fourth-order valence-electron chi connectivity index (χ4n) is 2.71. The van der Waals surface area contributed by atoms with Gasteiger partial charge in [-0.2, -0.15) is 0 Å². The minimum Gasteiger partial charge on any atom is -0.232 e. The van der Waals surface area contributed by atoms with E-state index in [0.29, 0.717) is 16.2 Å². The van der Waals surface area contributed by atoms with Crippen LogP contribution in [0.5, 0.6) is 0 Å². The van der Waals surface area contributed by atoms with Gasteiger partial charge in [-0.3, -0.25) is 0 Å². The molecule has 130 valence electrons. The standard InChI is InChI=1S/C19H20ClNO2SSi/c1-25(2,3)14-17(20)19-13-15-9-7-8-12-18(15)21(19)24(22,23)16-10-5-4-6-11-16/h4-14H,1-3H3/b17-14+. The molecule has 0 N–H and O–H groups in total. The van der Waals surface area contributed by atoms with E-state index in [4.69, 9.17) is 11.6 Å². The molecule has 0 saturated carbocycles. The van der Waals surface area contributed by atoms with Crippen molar-refractivity contribution < 1.29 is 8.42 Å². The van der Waals surface area contributed by atoms with E-state index < -0.39 is 18.1 Å². The first kappa shape index (κ1) is 18.0. The van der Waals surface area contributed by atoms with Gasteiger partial charge in [0.1, 0.15) is 0 Å². The molecule has 0 aliphatic heterocycles. The predicted molar refractivity (Wildman–Crippen MR) is 108 cm³/mol. The lowest BCUT2D eigenvalue weighted by Gasteiger charge is -2.14. The molecule has 0 amide bonds. The second-order valence-electron chi connectivity index (χ2n) is 7.03. The van der Waals surface area contributed by atoms with Crippen LogP contribution in [0.15, 0.2) is 71.3 Å². The summed E-state index contributed by atoms with van der Waals surface area (Å²) in [5.74, 6) is 0. The van der Waals surface area contributed by atoms with Crippen LogP contribution in [0.2, 0.25) is 19.6 Å². The smallest absolute Gasteiger partial charge is 0.232 e. The lowest BCUT2D eigenvalue weighted by Crippen LogP contribution is -2.18. The Bertz CT molecular complexity index is 1050. The molecular weight excluding hydrogens is 370 g/mol. The van der Waals surface area contributed by atoms with E-state index in [9.17, 15) is 8.42 Å². The van der Waals surface area contributed by atoms with Crippen LogP contribution in [0.25, 0.3) is 15.9 Å². The molecule has 0 spiro atoms. The lowest BCUT2D eigenvalue weighted by atomic mass is 10.2. The second kappa shape index (κ2) is 6.48. The van der Waals surface area contributed by atoms with Crippen LogP contribution in [0.4, 0.5) is 0 Å². The minimum atomic E-state index is -3.75. The third-order valence-corrected chi connectivity index (χ3v) is 7.13. The quantitative estimate of drug-likeness (QED) is 0.565. The zero-order chi connectivity index (χ0) is 18.2. The maximum absolute atomic E-state index is 13.3. The first-order valence-electron chi connectivity index (χ1n) is 8.00. The van der Waals surface area contributed by atoms with Gasteiger partial charge >= 0.3 is 0 Å². The summed E-state index contributed by atoms with van der Waals surface area (Å²) in [6, 6.07) is 17.7. The topological polar surface area (TPSA) is 39.1 Å². The molecule has 0 saturated heterocycles. The maximum atomic E-state index is 13.3. The van der Waals surface area contributed by atoms with Gasteiger partial charge in [0.25, 0.3) is 10.0 Å². The zero-order valence-electron chi connectivity index (χ0n) is 14.4. The van der Waals surface area contributed by atoms with E-state index in [2.05, 4.69) is 19.6 Å². The zero-order valence-corrected chi connectivity index (χ0v) is 17.0. The van der Waals surface area contributed by atoms with E-state index in [1.54, 1.807) is 36.4 Å². The van der Waals surface area contributed by atoms with Gasteiger partial charge in [-0.1, -0.05) is 73.3 Å². The molecule has 3 aromatic rings. The summed E-state index contributed by atoms with van der Waals surface area (Å²) in [4.78, 5) is 0.245. The van der Waals surface area contributed by atoms with Crippen LogP contribution in [-0.4, -0.2) is 20.5 Å². The van der Waals surface area contributed by atoms with Crippen molar-refractivity contribution in [2.24, 2.45) is 0 Å². The summed E-state index contributed by atoms with van der Waals surface area (Å²) in [5.41, 5.74) is 3.15. The Morgan fingerprint density at radius 2 is 1.60 bits per heavy atom. The van der Waals surface area contributed by atoms with Crippen LogP contribution in [-0.2, 0) is 10.0 Å². The summed E-state index contributed by atoms with van der Waals surface area (Å²) in [6.45, 7) is 6.48. The summed E-state index contributed by atoms with van der Waals surface area (Å²) in [5, 5.41) is 1.33. The van der Waals surface area contributed by atoms with E-state index >= 15 is 0 Å². The first-order chi connectivity index (χ1) is 11.7. The Morgan fingerprint density at radius 1 is 1.00 bits per heavy atom. The van der Waals surface area contributed by atoms with Gasteiger partial charge in [0.15, 0.2) is 0 Å². The molecule has 0 aliphatic rings. The number of halogens is 1. The van der Waals surface area contributed by atoms with Crippen molar-refractivity contribution in [3.8, 4) is 0 Å². The van der Waals surface area contributed by atoms with Crippen LogP contribution in [0, 0.1) is 0 Å². The Balaban J connectivity index is 2.34. The van der Waals surface area contributed by atoms with Gasteiger partial charge in [-0.25, -0.2) is 12.4 Å². The van der Waals surface area contributed by atoms with Crippen molar-refractivity contribution in [3.63, 3.8) is 0 Å². The number of hydrogen-bond acceptors (Lipinski definition) is 2. The first-order valence-corrected chi connectivity index (χ1v) is 13.4. The number of nitrogens with zero attached hydrogens (tertiary/aromatic N) is 1. The van der Waals surface area contributed by atoms with Crippen molar-refractivity contribution in [3.05, 3.63) is 72.1 Å². The van der Waals surface area contributed by atoms with Crippen LogP contribution < -0.4 is 0 Å². The highest BCUT2D eigenvalue weighted by molar-refractivity contribution is 7.90. The minimum absolute atomic E-state index is 0.245. The number of aromatic nitrogens is 1. The highest BCUT2D eigenvalue weighted by Crippen LogP contribution is 2.32. The van der Waals surface area contributed by atoms with Crippen LogP contribution >= 0.6 is 11.6 Å². The molecule has 25 heavy (non-hydrogen) atoms. The van der Waals surface area contributed by atoms with Gasteiger partial charge in [-0.15, -0.1) is 0 Å². The number of rotatable bonds is 4. The van der Waals surface area contributed by atoms with E-state index in [1.165, 1.54) is 3.97 Å². The Labute approximate surface area is 154 Å². The normalized spacial score (nSPS) is 13.4. The summed E-state index contributed by atoms with van der Waals surface area (Å²) in [7, 11) is -5.36. The highest BCUT2D eigenvalue weighted by Gasteiger charge is 2.25. The number of benzene rings is 2. The lowest BCUT2D eigenvalue weighted by molar-refractivity contribution is 0.588. The molecule has 3 rings (SSSR count). The second-order valence-corrected chi connectivity index (χ2v) is 14.2.